The van der Waals surface area contributed by atoms with Crippen LogP contribution in [0.1, 0.15) is 225 Å². The summed E-state index contributed by atoms with van der Waals surface area (Å²) in [5.41, 5.74) is 2.31. The average molecular weight is 829 g/mol. The molecule has 1 aromatic rings. The molecule has 59 heavy (non-hydrogen) atoms. The quantitative estimate of drug-likeness (QED) is 0.0371. The zero-order valence-corrected chi connectivity index (χ0v) is 40.0. The molecule has 0 bridgehead atoms. The van der Waals surface area contributed by atoms with Gasteiger partial charge in [-0.3, -0.25) is 9.59 Å². The standard InChI is InChI=1S/C52H96N2O5/c1-8-10-12-14-16-18-20-22-25-29-42-57-51(58-43-30-26-23-21-19-17-15-13-11-9-2)38-37-50(55)54(41-32-39-53(6)7)40-28-24-27-31-44-59-52(56)47(5)49-35-33-48(34-36-49)45-46(3)4/h33-36,46-47,51H,8-32,37-45H2,1-7H3. The molecule has 1 atom stereocenters. The highest BCUT2D eigenvalue weighted by Gasteiger charge is 2.19. The maximum absolute atomic E-state index is 13.7. The summed E-state index contributed by atoms with van der Waals surface area (Å²) in [6, 6.07) is 8.39. The first-order chi connectivity index (χ1) is 28.7. The smallest absolute Gasteiger partial charge is 0.313 e. The predicted molar refractivity (Wildman–Crippen MR) is 251 cm³/mol. The Bertz CT molecular complexity index is 1070. The van der Waals surface area contributed by atoms with Crippen LogP contribution in [-0.2, 0) is 30.2 Å². The van der Waals surface area contributed by atoms with Gasteiger partial charge in [0.2, 0.25) is 5.91 Å². The van der Waals surface area contributed by atoms with Gasteiger partial charge in [-0.15, -0.1) is 0 Å². The van der Waals surface area contributed by atoms with Crippen molar-refractivity contribution in [2.75, 3.05) is 53.6 Å². The zero-order chi connectivity index (χ0) is 43.2. The van der Waals surface area contributed by atoms with E-state index in [1.54, 1.807) is 0 Å². The summed E-state index contributed by atoms with van der Waals surface area (Å²) in [6.45, 7) is 15.3. The third kappa shape index (κ3) is 32.4. The predicted octanol–water partition coefficient (Wildman–Crippen LogP) is 13.9. The van der Waals surface area contributed by atoms with Crippen LogP contribution in [0.2, 0.25) is 0 Å². The molecule has 1 rings (SSSR count). The number of nitrogens with zero attached hydrogens (tertiary/aromatic N) is 2. The molecule has 1 unspecified atom stereocenters. The van der Waals surface area contributed by atoms with Crippen molar-refractivity contribution in [3.05, 3.63) is 35.4 Å². The molecular weight excluding hydrogens is 733 g/mol. The van der Waals surface area contributed by atoms with Gasteiger partial charge in [-0.05, 0) is 89.6 Å². The van der Waals surface area contributed by atoms with Crippen molar-refractivity contribution in [3.63, 3.8) is 0 Å². The van der Waals surface area contributed by atoms with E-state index < -0.39 is 0 Å². The summed E-state index contributed by atoms with van der Waals surface area (Å²) in [5.74, 6) is 0.400. The van der Waals surface area contributed by atoms with Gasteiger partial charge in [-0.2, -0.15) is 0 Å². The number of amides is 1. The van der Waals surface area contributed by atoms with Crippen LogP contribution < -0.4 is 0 Å². The van der Waals surface area contributed by atoms with Crippen molar-refractivity contribution < 1.29 is 23.8 Å². The molecule has 0 fully saturated rings. The molecule has 0 heterocycles. The number of carbonyl (C=O) groups excluding carboxylic acids is 2. The lowest BCUT2D eigenvalue weighted by atomic mass is 9.97. The molecule has 1 amide bonds. The van der Waals surface area contributed by atoms with E-state index in [2.05, 4.69) is 75.9 Å². The van der Waals surface area contributed by atoms with E-state index >= 15 is 0 Å². The van der Waals surface area contributed by atoms with Gasteiger partial charge in [-0.25, -0.2) is 0 Å². The maximum atomic E-state index is 13.7. The lowest BCUT2D eigenvalue weighted by Gasteiger charge is -2.25. The molecule has 0 aliphatic heterocycles. The third-order valence-electron chi connectivity index (χ3n) is 11.6. The summed E-state index contributed by atoms with van der Waals surface area (Å²) in [6.07, 6.45) is 32.6. The fourth-order valence-corrected chi connectivity index (χ4v) is 7.77. The molecule has 0 spiro atoms. The Balaban J connectivity index is 2.52. The average Bonchev–Trinajstić information content (AvgIpc) is 3.21. The molecule has 7 nitrogen and oxygen atoms in total. The third-order valence-corrected chi connectivity index (χ3v) is 11.6. The van der Waals surface area contributed by atoms with E-state index in [-0.39, 0.29) is 24.1 Å². The van der Waals surface area contributed by atoms with E-state index in [1.165, 1.54) is 121 Å². The number of hydrogen-bond donors (Lipinski definition) is 0. The Kier molecular flexibility index (Phi) is 36.3. The minimum absolute atomic E-state index is 0.155. The van der Waals surface area contributed by atoms with Crippen molar-refractivity contribution in [1.29, 1.82) is 0 Å². The second-order valence-electron chi connectivity index (χ2n) is 18.3. The minimum Gasteiger partial charge on any atom is -0.465 e. The first-order valence-corrected chi connectivity index (χ1v) is 25.1. The first kappa shape index (κ1) is 55.1. The summed E-state index contributed by atoms with van der Waals surface area (Å²) in [4.78, 5) is 30.7. The zero-order valence-electron chi connectivity index (χ0n) is 40.0. The van der Waals surface area contributed by atoms with Gasteiger partial charge in [0.25, 0.3) is 0 Å². The molecule has 0 N–H and O–H groups in total. The minimum atomic E-state index is -0.311. The number of hydrogen-bond acceptors (Lipinski definition) is 6. The molecule has 0 aliphatic carbocycles. The number of rotatable bonds is 42. The molecule has 0 saturated heterocycles. The molecule has 0 aromatic heterocycles. The van der Waals surface area contributed by atoms with Crippen LogP contribution in [0.3, 0.4) is 0 Å². The van der Waals surface area contributed by atoms with Crippen LogP contribution in [0.5, 0.6) is 0 Å². The molecule has 0 aliphatic rings. The first-order valence-electron chi connectivity index (χ1n) is 25.1. The molecule has 1 aromatic carbocycles. The number of carbonyl (C=O) groups is 2. The fraction of sp³-hybridized carbons (Fsp3) is 0.846. The van der Waals surface area contributed by atoms with Crippen molar-refractivity contribution >= 4 is 11.9 Å². The van der Waals surface area contributed by atoms with Crippen LogP contribution in [-0.4, -0.2) is 81.5 Å². The number of ether oxygens (including phenoxy) is 3. The highest BCUT2D eigenvalue weighted by Crippen LogP contribution is 2.20. The van der Waals surface area contributed by atoms with Gasteiger partial charge < -0.3 is 24.0 Å². The lowest BCUT2D eigenvalue weighted by molar-refractivity contribution is -0.154. The van der Waals surface area contributed by atoms with Crippen LogP contribution in [0.25, 0.3) is 0 Å². The Labute approximate surface area is 365 Å². The van der Waals surface area contributed by atoms with E-state index in [0.717, 1.165) is 76.6 Å². The van der Waals surface area contributed by atoms with Gasteiger partial charge in [0.05, 0.1) is 12.5 Å². The largest absolute Gasteiger partial charge is 0.465 e. The number of unbranched alkanes of at least 4 members (excludes halogenated alkanes) is 21. The van der Waals surface area contributed by atoms with E-state index in [1.807, 2.05) is 6.92 Å². The van der Waals surface area contributed by atoms with E-state index in [4.69, 9.17) is 14.2 Å². The summed E-state index contributed by atoms with van der Waals surface area (Å²) < 4.78 is 18.3. The topological polar surface area (TPSA) is 68.3 Å². The van der Waals surface area contributed by atoms with E-state index in [0.29, 0.717) is 38.6 Å². The van der Waals surface area contributed by atoms with Crippen LogP contribution >= 0.6 is 0 Å². The monoisotopic (exact) mass is 829 g/mol. The second-order valence-corrected chi connectivity index (χ2v) is 18.3. The number of esters is 1. The van der Waals surface area contributed by atoms with Crippen LogP contribution in [0, 0.1) is 5.92 Å². The van der Waals surface area contributed by atoms with Crippen molar-refractivity contribution in [1.82, 2.24) is 9.80 Å². The van der Waals surface area contributed by atoms with Gasteiger partial charge in [0.15, 0.2) is 6.29 Å². The molecule has 7 heteroatoms. The van der Waals surface area contributed by atoms with Crippen LogP contribution in [0.4, 0.5) is 0 Å². The second kappa shape index (κ2) is 38.9. The van der Waals surface area contributed by atoms with Crippen molar-refractivity contribution in [2.24, 2.45) is 5.92 Å². The number of benzene rings is 1. The SMILES string of the molecule is CCCCCCCCCCCCOC(CCC(=O)N(CCCCCCOC(=O)C(C)c1ccc(CC(C)C)cc1)CCCN(C)C)OCCCCCCCCCCCC. The Morgan fingerprint density at radius 2 is 0.983 bits per heavy atom. The Morgan fingerprint density at radius 3 is 1.46 bits per heavy atom. The van der Waals surface area contributed by atoms with Gasteiger partial charge >= 0.3 is 5.97 Å². The van der Waals surface area contributed by atoms with Crippen molar-refractivity contribution in [3.8, 4) is 0 Å². The van der Waals surface area contributed by atoms with Crippen LogP contribution in [0.15, 0.2) is 24.3 Å². The molecule has 0 saturated carbocycles. The maximum Gasteiger partial charge on any atom is 0.313 e. The fourth-order valence-electron chi connectivity index (χ4n) is 7.77. The lowest BCUT2D eigenvalue weighted by Crippen LogP contribution is -2.35. The van der Waals surface area contributed by atoms with E-state index in [9.17, 15) is 9.59 Å². The molecule has 344 valence electrons. The van der Waals surface area contributed by atoms with Gasteiger partial charge in [0.1, 0.15) is 0 Å². The van der Waals surface area contributed by atoms with Gasteiger partial charge in [-0.1, -0.05) is 174 Å². The Morgan fingerprint density at radius 1 is 0.542 bits per heavy atom. The summed E-state index contributed by atoms with van der Waals surface area (Å²) in [5, 5.41) is 0. The Hall–Kier alpha value is -1.96. The normalized spacial score (nSPS) is 12.2. The van der Waals surface area contributed by atoms with Crippen molar-refractivity contribution in [2.45, 2.75) is 227 Å². The molecular formula is C52H96N2O5. The highest BCUT2D eigenvalue weighted by atomic mass is 16.7. The summed E-state index contributed by atoms with van der Waals surface area (Å²) in [7, 11) is 4.18. The molecule has 0 radical (unpaired) electrons. The highest BCUT2D eigenvalue weighted by molar-refractivity contribution is 5.77. The summed E-state index contributed by atoms with van der Waals surface area (Å²) >= 11 is 0. The van der Waals surface area contributed by atoms with Gasteiger partial charge in [0, 0.05) is 39.1 Å².